The third kappa shape index (κ3) is 6.46. The summed E-state index contributed by atoms with van der Waals surface area (Å²) in [6.07, 6.45) is 5.54. The maximum Gasteiger partial charge on any atom is 0.270 e. The number of likely N-dealkylation sites (N-methyl/N-ethyl adjacent to an activating group) is 1. The summed E-state index contributed by atoms with van der Waals surface area (Å²) < 4.78 is 0. The Morgan fingerprint density at radius 2 is 1.96 bits per heavy atom. The second kappa shape index (κ2) is 12.2. The molecule has 1 aromatic rings. The largest absolute Gasteiger partial charge is 0.398 e. The van der Waals surface area contributed by atoms with Gasteiger partial charge >= 0.3 is 0 Å². The van der Waals surface area contributed by atoms with Gasteiger partial charge in [0.05, 0.1) is 17.2 Å². The van der Waals surface area contributed by atoms with Crippen LogP contribution in [0.4, 0.5) is 11.4 Å². The van der Waals surface area contributed by atoms with Crippen LogP contribution in [0.15, 0.2) is 41.5 Å². The number of nitro benzene ring substituents is 1. The molecule has 1 aliphatic rings. The molecule has 0 fully saturated rings. The van der Waals surface area contributed by atoms with Crippen LogP contribution >= 0.6 is 0 Å². The number of hydrogen-bond acceptors (Lipinski definition) is 6. The fourth-order valence-corrected chi connectivity index (χ4v) is 2.55. The highest BCUT2D eigenvalue weighted by Crippen LogP contribution is 2.22. The van der Waals surface area contributed by atoms with Gasteiger partial charge in [-0.05, 0) is 25.8 Å². The van der Waals surface area contributed by atoms with Crippen LogP contribution in [0.2, 0.25) is 0 Å². The summed E-state index contributed by atoms with van der Waals surface area (Å²) >= 11 is 0. The number of carbonyl (C=O) groups is 2. The summed E-state index contributed by atoms with van der Waals surface area (Å²) in [6, 6.07) is 3.96. The quantitative estimate of drug-likeness (QED) is 0.345. The van der Waals surface area contributed by atoms with Gasteiger partial charge in [-0.3, -0.25) is 14.9 Å². The maximum absolute atomic E-state index is 12.5. The van der Waals surface area contributed by atoms with Crippen LogP contribution in [0.25, 0.3) is 0 Å². The second-order valence-electron chi connectivity index (χ2n) is 5.80. The summed E-state index contributed by atoms with van der Waals surface area (Å²) in [5.74, 6) is -0.169. The predicted octanol–water partition coefficient (Wildman–Crippen LogP) is 3.51. The third-order valence-electron chi connectivity index (χ3n) is 3.98. The van der Waals surface area contributed by atoms with Gasteiger partial charge in [0.2, 0.25) is 0 Å². The number of nitrogen functional groups attached to an aromatic ring is 1. The number of nitro groups is 1. The molecule has 3 N–H and O–H groups in total. The molecule has 152 valence electrons. The van der Waals surface area contributed by atoms with Gasteiger partial charge in [0, 0.05) is 36.0 Å². The van der Waals surface area contributed by atoms with Crippen molar-refractivity contribution in [2.45, 2.75) is 33.6 Å². The monoisotopic (exact) mass is 388 g/mol. The Hall–Kier alpha value is -3.29. The van der Waals surface area contributed by atoms with Crippen LogP contribution < -0.4 is 5.73 Å². The normalized spacial score (nSPS) is 12.1. The van der Waals surface area contributed by atoms with Crippen molar-refractivity contribution >= 4 is 29.8 Å². The standard InChI is InChI=1S/C17H20N4O3.C2H6.CH2O/c1-11-5-3-4-6-13(11)17(22)20(2)10-16(19)14-9-12(21(23)24)7-8-15(14)18;2*1-2/h4,6-9,19H,3,5,10,18H2,1-2H3;1-2H3;1H2. The van der Waals surface area contributed by atoms with Gasteiger partial charge in [0.25, 0.3) is 11.6 Å². The lowest BCUT2D eigenvalue weighted by Gasteiger charge is -2.21. The van der Waals surface area contributed by atoms with E-state index in [0.29, 0.717) is 5.57 Å². The van der Waals surface area contributed by atoms with Gasteiger partial charge in [0.1, 0.15) is 6.79 Å². The van der Waals surface area contributed by atoms with Crippen LogP contribution in [-0.4, -0.2) is 41.8 Å². The number of amides is 1. The number of hydrogen-bond donors (Lipinski definition) is 2. The Morgan fingerprint density at radius 3 is 2.50 bits per heavy atom. The van der Waals surface area contributed by atoms with E-state index in [2.05, 4.69) is 0 Å². The molecule has 1 amide bonds. The van der Waals surface area contributed by atoms with Gasteiger partial charge in [-0.1, -0.05) is 31.6 Å². The van der Waals surface area contributed by atoms with Crippen molar-refractivity contribution in [1.29, 1.82) is 5.41 Å². The zero-order valence-electron chi connectivity index (χ0n) is 16.8. The van der Waals surface area contributed by atoms with Crippen LogP contribution in [0.1, 0.15) is 39.2 Å². The topological polar surface area (TPSA) is 130 Å². The summed E-state index contributed by atoms with van der Waals surface area (Å²) in [6.45, 7) is 7.95. The van der Waals surface area contributed by atoms with Crippen molar-refractivity contribution in [1.82, 2.24) is 4.90 Å². The minimum absolute atomic E-state index is 0.0226. The first-order valence-electron chi connectivity index (χ1n) is 8.83. The Labute approximate surface area is 165 Å². The van der Waals surface area contributed by atoms with Gasteiger partial charge in [-0.15, -0.1) is 0 Å². The predicted molar refractivity (Wildman–Crippen MR) is 112 cm³/mol. The lowest BCUT2D eigenvalue weighted by atomic mass is 9.98. The lowest BCUT2D eigenvalue weighted by molar-refractivity contribution is -0.384. The number of nitrogens with zero attached hydrogens (tertiary/aromatic N) is 2. The van der Waals surface area contributed by atoms with Crippen molar-refractivity contribution in [2.24, 2.45) is 0 Å². The molecule has 0 spiro atoms. The fraction of sp³-hybridized carbons (Fsp3) is 0.350. The van der Waals surface area contributed by atoms with Crippen LogP contribution in [0, 0.1) is 15.5 Å². The van der Waals surface area contributed by atoms with E-state index >= 15 is 0 Å². The Morgan fingerprint density at radius 1 is 1.36 bits per heavy atom. The fourth-order valence-electron chi connectivity index (χ4n) is 2.55. The smallest absolute Gasteiger partial charge is 0.270 e. The molecule has 1 aromatic carbocycles. The molecule has 0 unspecified atom stereocenters. The molecule has 1 aliphatic carbocycles. The highest BCUT2D eigenvalue weighted by Gasteiger charge is 2.20. The number of rotatable bonds is 5. The van der Waals surface area contributed by atoms with Gasteiger partial charge in [-0.25, -0.2) is 0 Å². The molecule has 0 heterocycles. The van der Waals surface area contributed by atoms with E-state index in [4.69, 9.17) is 15.9 Å². The molecule has 0 saturated carbocycles. The number of nitrogens with one attached hydrogen (secondary N) is 1. The zero-order chi connectivity index (χ0) is 21.9. The third-order valence-corrected chi connectivity index (χ3v) is 3.98. The van der Waals surface area contributed by atoms with Gasteiger partial charge in [0.15, 0.2) is 0 Å². The zero-order valence-corrected chi connectivity index (χ0v) is 16.8. The minimum atomic E-state index is -0.536. The van der Waals surface area contributed by atoms with E-state index in [0.717, 1.165) is 18.4 Å². The van der Waals surface area contributed by atoms with E-state index in [9.17, 15) is 14.9 Å². The van der Waals surface area contributed by atoms with Gasteiger partial charge < -0.3 is 20.8 Å². The molecule has 8 nitrogen and oxygen atoms in total. The Balaban J connectivity index is 0.00000171. The van der Waals surface area contributed by atoms with E-state index in [1.807, 2.05) is 39.7 Å². The molecule has 28 heavy (non-hydrogen) atoms. The van der Waals surface area contributed by atoms with Crippen molar-refractivity contribution in [3.63, 3.8) is 0 Å². The Kier molecular flexibility index (Phi) is 10.7. The summed E-state index contributed by atoms with van der Waals surface area (Å²) in [5, 5.41) is 19.0. The summed E-state index contributed by atoms with van der Waals surface area (Å²) in [7, 11) is 1.60. The number of allylic oxidation sites excluding steroid dienone is 2. The summed E-state index contributed by atoms with van der Waals surface area (Å²) in [5.41, 5.74) is 7.96. The van der Waals surface area contributed by atoms with Crippen LogP contribution in [0.5, 0.6) is 0 Å². The number of non-ortho nitro benzene ring substituents is 1. The molecule has 2 rings (SSSR count). The molecular formula is C20H28N4O4. The van der Waals surface area contributed by atoms with Crippen LogP contribution in [-0.2, 0) is 9.59 Å². The van der Waals surface area contributed by atoms with E-state index in [1.54, 1.807) is 7.05 Å². The average Bonchev–Trinajstić information content (AvgIpc) is 2.70. The highest BCUT2D eigenvalue weighted by molar-refractivity contribution is 6.07. The minimum Gasteiger partial charge on any atom is -0.398 e. The Bertz CT molecular complexity index is 784. The SMILES string of the molecule is C=O.CC.CC1=C(C(=O)N(C)CC(=N)c2cc([N+](=O)[O-])ccc2N)C=CCC1. The molecular weight excluding hydrogens is 360 g/mol. The molecule has 0 aliphatic heterocycles. The van der Waals surface area contributed by atoms with E-state index in [-0.39, 0.29) is 35.1 Å². The first-order valence-corrected chi connectivity index (χ1v) is 8.83. The molecule has 0 aromatic heterocycles. The average molecular weight is 388 g/mol. The van der Waals surface area contributed by atoms with Crippen molar-refractivity contribution in [2.75, 3.05) is 19.3 Å². The number of nitrogens with two attached hydrogens (primary N) is 1. The lowest BCUT2D eigenvalue weighted by Crippen LogP contribution is -2.33. The second-order valence-corrected chi connectivity index (χ2v) is 5.80. The molecule has 0 radical (unpaired) electrons. The molecule has 0 atom stereocenters. The first-order chi connectivity index (χ1) is 13.3. The maximum atomic E-state index is 12.5. The highest BCUT2D eigenvalue weighted by atomic mass is 16.6. The van der Waals surface area contributed by atoms with Crippen molar-refractivity contribution < 1.29 is 14.5 Å². The molecule has 0 saturated heterocycles. The van der Waals surface area contributed by atoms with Crippen LogP contribution in [0.3, 0.4) is 0 Å². The molecule has 0 bridgehead atoms. The van der Waals surface area contributed by atoms with E-state index in [1.165, 1.54) is 23.1 Å². The van der Waals surface area contributed by atoms with Crippen molar-refractivity contribution in [3.05, 3.63) is 57.2 Å². The van der Waals surface area contributed by atoms with Gasteiger partial charge in [-0.2, -0.15) is 0 Å². The number of anilines is 1. The number of benzene rings is 1. The first kappa shape index (κ1) is 24.7. The van der Waals surface area contributed by atoms with E-state index < -0.39 is 4.92 Å². The number of carbonyl (C=O) groups excluding carboxylic acids is 2. The van der Waals surface area contributed by atoms with Crippen molar-refractivity contribution in [3.8, 4) is 0 Å². The molecule has 8 heteroatoms. The summed E-state index contributed by atoms with van der Waals surface area (Å²) in [4.78, 5) is 32.3.